The van der Waals surface area contributed by atoms with Crippen molar-refractivity contribution in [1.29, 1.82) is 0 Å². The number of nitrogens with zero attached hydrogens (tertiary/aromatic N) is 2. The van der Waals surface area contributed by atoms with Crippen molar-refractivity contribution in [3.63, 3.8) is 0 Å². The molecule has 114 valence electrons. The highest BCUT2D eigenvalue weighted by Gasteiger charge is 2.34. The predicted molar refractivity (Wildman–Crippen MR) is 71.9 cm³/mol. The minimum Gasteiger partial charge on any atom is -0.491 e. The van der Waals surface area contributed by atoms with E-state index in [9.17, 15) is 13.2 Å². The van der Waals surface area contributed by atoms with Gasteiger partial charge in [-0.2, -0.15) is 18.3 Å². The van der Waals surface area contributed by atoms with E-state index in [4.69, 9.17) is 4.74 Å². The minimum atomic E-state index is -4.44. The zero-order chi connectivity index (χ0) is 15.3. The van der Waals surface area contributed by atoms with E-state index in [-0.39, 0.29) is 12.4 Å². The van der Waals surface area contributed by atoms with Crippen LogP contribution < -0.4 is 10.1 Å². The van der Waals surface area contributed by atoms with Gasteiger partial charge in [0, 0.05) is 18.9 Å². The second kappa shape index (κ2) is 6.62. The Bertz CT molecular complexity index is 567. The molecule has 7 heteroatoms. The number of aromatic nitrogens is 2. The highest BCUT2D eigenvalue weighted by molar-refractivity contribution is 5.39. The highest BCUT2D eigenvalue weighted by Crippen LogP contribution is 2.36. The van der Waals surface area contributed by atoms with Gasteiger partial charge in [-0.3, -0.25) is 4.68 Å². The Morgan fingerprint density at radius 3 is 2.76 bits per heavy atom. The summed E-state index contributed by atoms with van der Waals surface area (Å²) < 4.78 is 46.0. The maximum absolute atomic E-state index is 13.1. The molecule has 0 fully saturated rings. The van der Waals surface area contributed by atoms with Crippen LogP contribution in [0.2, 0.25) is 0 Å². The monoisotopic (exact) mass is 299 g/mol. The van der Waals surface area contributed by atoms with E-state index in [1.165, 1.54) is 6.07 Å². The zero-order valence-electron chi connectivity index (χ0n) is 11.5. The highest BCUT2D eigenvalue weighted by atomic mass is 19.4. The molecule has 1 heterocycles. The molecule has 2 aromatic rings. The molecule has 1 N–H and O–H groups in total. The van der Waals surface area contributed by atoms with Crippen molar-refractivity contribution in [1.82, 2.24) is 15.1 Å². The molecule has 0 amide bonds. The van der Waals surface area contributed by atoms with Crippen molar-refractivity contribution in [2.75, 3.05) is 13.7 Å². The van der Waals surface area contributed by atoms with E-state index in [1.807, 2.05) is 0 Å². The maximum atomic E-state index is 13.1. The molecule has 0 aliphatic heterocycles. The van der Waals surface area contributed by atoms with Crippen LogP contribution in [-0.4, -0.2) is 23.4 Å². The molecule has 2 rings (SSSR count). The Morgan fingerprint density at radius 1 is 1.33 bits per heavy atom. The van der Waals surface area contributed by atoms with Gasteiger partial charge in [0.15, 0.2) is 0 Å². The second-order valence-corrected chi connectivity index (χ2v) is 4.48. The quantitative estimate of drug-likeness (QED) is 0.891. The molecule has 4 nitrogen and oxygen atoms in total. The van der Waals surface area contributed by atoms with Crippen LogP contribution in [-0.2, 0) is 19.3 Å². The van der Waals surface area contributed by atoms with E-state index in [0.717, 1.165) is 6.07 Å². The van der Waals surface area contributed by atoms with Crippen LogP contribution in [0.5, 0.6) is 5.75 Å². The third-order valence-electron chi connectivity index (χ3n) is 2.87. The van der Waals surface area contributed by atoms with E-state index in [2.05, 4.69) is 10.4 Å². The van der Waals surface area contributed by atoms with Crippen molar-refractivity contribution in [3.05, 3.63) is 47.8 Å². The summed E-state index contributed by atoms with van der Waals surface area (Å²) in [6, 6.07) is 5.83. The minimum absolute atomic E-state index is 0.121. The molecule has 0 spiro atoms. The SMILES string of the molecule is CNCc1ccc(OCCn2cccn2)c(C(F)(F)F)c1. The average molecular weight is 299 g/mol. The lowest BCUT2D eigenvalue weighted by Gasteiger charge is -2.15. The van der Waals surface area contributed by atoms with Gasteiger partial charge in [-0.25, -0.2) is 0 Å². The smallest absolute Gasteiger partial charge is 0.419 e. The first-order valence-electron chi connectivity index (χ1n) is 6.45. The van der Waals surface area contributed by atoms with E-state index in [1.54, 1.807) is 36.3 Å². The van der Waals surface area contributed by atoms with Crippen LogP contribution in [0.1, 0.15) is 11.1 Å². The normalized spacial score (nSPS) is 11.6. The van der Waals surface area contributed by atoms with Gasteiger partial charge in [0.1, 0.15) is 12.4 Å². The molecule has 1 aromatic heterocycles. The Balaban J connectivity index is 2.10. The molecule has 0 radical (unpaired) electrons. The van der Waals surface area contributed by atoms with Gasteiger partial charge in [-0.15, -0.1) is 0 Å². The summed E-state index contributed by atoms with van der Waals surface area (Å²) in [4.78, 5) is 0. The van der Waals surface area contributed by atoms with Crippen LogP contribution in [0.15, 0.2) is 36.7 Å². The van der Waals surface area contributed by atoms with E-state index < -0.39 is 11.7 Å². The molecule has 0 saturated heterocycles. The summed E-state index contributed by atoms with van der Waals surface area (Å²) >= 11 is 0. The van der Waals surface area contributed by atoms with Gasteiger partial charge in [0.25, 0.3) is 0 Å². The number of ether oxygens (including phenoxy) is 1. The molecule has 0 atom stereocenters. The summed E-state index contributed by atoms with van der Waals surface area (Å²) in [5, 5.41) is 6.79. The average Bonchev–Trinajstić information content (AvgIpc) is 2.92. The van der Waals surface area contributed by atoms with Crippen molar-refractivity contribution in [2.45, 2.75) is 19.3 Å². The van der Waals surface area contributed by atoms with Crippen molar-refractivity contribution in [2.24, 2.45) is 0 Å². The van der Waals surface area contributed by atoms with Crippen molar-refractivity contribution in [3.8, 4) is 5.75 Å². The molecule has 1 aromatic carbocycles. The van der Waals surface area contributed by atoms with Gasteiger partial charge in [-0.05, 0) is 30.8 Å². The lowest BCUT2D eigenvalue weighted by Crippen LogP contribution is -2.14. The Kier molecular flexibility index (Phi) is 4.85. The predicted octanol–water partition coefficient (Wildman–Crippen LogP) is 2.70. The lowest BCUT2D eigenvalue weighted by atomic mass is 10.1. The Hall–Kier alpha value is -2.02. The second-order valence-electron chi connectivity index (χ2n) is 4.48. The summed E-state index contributed by atoms with van der Waals surface area (Å²) in [6.07, 6.45) is -1.11. The molecular weight excluding hydrogens is 283 g/mol. The summed E-state index contributed by atoms with van der Waals surface area (Å²) in [5.74, 6) is -0.158. The maximum Gasteiger partial charge on any atom is 0.419 e. The Morgan fingerprint density at radius 2 is 2.14 bits per heavy atom. The van der Waals surface area contributed by atoms with Gasteiger partial charge >= 0.3 is 6.18 Å². The fourth-order valence-corrected chi connectivity index (χ4v) is 1.92. The summed E-state index contributed by atoms with van der Waals surface area (Å²) in [6.45, 7) is 0.884. The number of halogens is 3. The largest absolute Gasteiger partial charge is 0.491 e. The first-order valence-corrected chi connectivity index (χ1v) is 6.45. The third-order valence-corrected chi connectivity index (χ3v) is 2.87. The number of rotatable bonds is 6. The molecular formula is C14H16F3N3O. The Labute approximate surface area is 120 Å². The number of hydrogen-bond acceptors (Lipinski definition) is 3. The fraction of sp³-hybridized carbons (Fsp3) is 0.357. The molecule has 0 bridgehead atoms. The standard InChI is InChI=1S/C14H16F3N3O/c1-18-10-11-3-4-13(12(9-11)14(15,16)17)21-8-7-20-6-2-5-19-20/h2-6,9,18H,7-8,10H2,1H3. The number of alkyl halides is 3. The first kappa shape index (κ1) is 15.4. The van der Waals surface area contributed by atoms with E-state index in [0.29, 0.717) is 18.7 Å². The van der Waals surface area contributed by atoms with Crippen LogP contribution >= 0.6 is 0 Å². The molecule has 21 heavy (non-hydrogen) atoms. The third kappa shape index (κ3) is 4.22. The molecule has 0 aliphatic carbocycles. The van der Waals surface area contributed by atoms with Gasteiger partial charge in [-0.1, -0.05) is 6.07 Å². The molecule has 0 aliphatic rings. The van der Waals surface area contributed by atoms with Crippen LogP contribution in [0, 0.1) is 0 Å². The van der Waals surface area contributed by atoms with Crippen LogP contribution in [0.4, 0.5) is 13.2 Å². The fourth-order valence-electron chi connectivity index (χ4n) is 1.92. The first-order chi connectivity index (χ1) is 10.0. The zero-order valence-corrected chi connectivity index (χ0v) is 11.5. The number of benzene rings is 1. The van der Waals surface area contributed by atoms with Gasteiger partial charge in [0.2, 0.25) is 0 Å². The van der Waals surface area contributed by atoms with E-state index >= 15 is 0 Å². The lowest BCUT2D eigenvalue weighted by molar-refractivity contribution is -0.139. The number of nitrogens with one attached hydrogen (secondary N) is 1. The van der Waals surface area contributed by atoms with Gasteiger partial charge in [0.05, 0.1) is 12.1 Å². The summed E-state index contributed by atoms with van der Waals surface area (Å²) in [7, 11) is 1.68. The van der Waals surface area contributed by atoms with Crippen molar-refractivity contribution >= 4 is 0 Å². The van der Waals surface area contributed by atoms with Crippen LogP contribution in [0.3, 0.4) is 0 Å². The number of hydrogen-bond donors (Lipinski definition) is 1. The molecule has 0 unspecified atom stereocenters. The topological polar surface area (TPSA) is 39.1 Å². The van der Waals surface area contributed by atoms with Gasteiger partial charge < -0.3 is 10.1 Å². The molecule has 0 saturated carbocycles. The summed E-state index contributed by atoms with van der Waals surface area (Å²) in [5.41, 5.74) is -0.194. The van der Waals surface area contributed by atoms with Crippen molar-refractivity contribution < 1.29 is 17.9 Å². The van der Waals surface area contributed by atoms with Crippen LogP contribution in [0.25, 0.3) is 0 Å².